The van der Waals surface area contributed by atoms with Gasteiger partial charge in [-0.05, 0) is 41.8 Å². The fraction of sp³-hybridized carbons (Fsp3) is 0.0769. The Morgan fingerprint density at radius 1 is 0.588 bits per heavy atom. The molecule has 17 heavy (non-hydrogen) atoms. The molecular weight excluding hydrogens is 366 g/mol. The minimum Gasteiger partial charge on any atom is -0.508 e. The molecule has 0 unspecified atom stereocenters. The van der Waals surface area contributed by atoms with Gasteiger partial charge in [0.25, 0.3) is 0 Å². The zero-order valence-corrected chi connectivity index (χ0v) is 15.1. The zero-order chi connectivity index (χ0) is 10.7. The van der Waals surface area contributed by atoms with E-state index in [1.807, 2.05) is 24.3 Å². The van der Waals surface area contributed by atoms with Gasteiger partial charge in [0.15, 0.2) is 0 Å². The molecule has 0 aliphatic heterocycles. The third-order valence-corrected chi connectivity index (χ3v) is 2.28. The zero-order valence-electron chi connectivity index (χ0n) is 9.38. The minimum atomic E-state index is 0. The van der Waals surface area contributed by atoms with E-state index < -0.39 is 0 Å². The molecule has 2 aromatic carbocycles. The molecule has 0 aliphatic rings. The van der Waals surface area contributed by atoms with Gasteiger partial charge in [-0.25, -0.2) is 0 Å². The molecule has 2 rings (SSSR count). The Morgan fingerprint density at radius 3 is 1.18 bits per heavy atom. The van der Waals surface area contributed by atoms with Gasteiger partial charge in [-0.1, -0.05) is 24.3 Å². The van der Waals surface area contributed by atoms with Crippen LogP contribution < -0.4 is 0 Å². The first kappa shape index (κ1) is 17.2. The van der Waals surface area contributed by atoms with Gasteiger partial charge in [0.2, 0.25) is 0 Å². The van der Waals surface area contributed by atoms with Crippen molar-refractivity contribution in [3.05, 3.63) is 59.7 Å². The maximum absolute atomic E-state index is 9.13. The fourth-order valence-corrected chi connectivity index (χ4v) is 1.46. The summed E-state index contributed by atoms with van der Waals surface area (Å²) in [5.41, 5.74) is 2.27. The fourth-order valence-electron chi connectivity index (χ4n) is 1.46. The molecule has 0 saturated carbocycles. The molecule has 0 aliphatic carbocycles. The first-order chi connectivity index (χ1) is 7.24. The minimum absolute atomic E-state index is 0. The second kappa shape index (κ2) is 8.37. The Kier molecular flexibility index (Phi) is 8.49. The summed E-state index contributed by atoms with van der Waals surface area (Å²) < 4.78 is 0. The third kappa shape index (κ3) is 5.61. The number of hydrogen-bond acceptors (Lipinski definition) is 2. The second-order valence-corrected chi connectivity index (χ2v) is 3.51. The average Bonchev–Trinajstić information content (AvgIpc) is 2.25. The summed E-state index contributed by atoms with van der Waals surface area (Å²) in [5.74, 6) is 0.564. The number of rotatable bonds is 2. The Labute approximate surface area is 151 Å². The van der Waals surface area contributed by atoms with Gasteiger partial charge in [0.1, 0.15) is 11.5 Å². The third-order valence-electron chi connectivity index (χ3n) is 2.28. The average molecular weight is 378 g/mol. The molecule has 0 spiro atoms. The molecule has 82 valence electrons. The van der Waals surface area contributed by atoms with Gasteiger partial charge >= 0.3 is 0 Å². The summed E-state index contributed by atoms with van der Waals surface area (Å²) in [7, 11) is 0. The number of hydrogen-bond donors (Lipinski definition) is 2. The topological polar surface area (TPSA) is 40.5 Å². The SMILES string of the molecule is Oc1ccc(Cc2ccc(O)cc2)cc1.[Y].[Y]. The molecular formula is C13H12O2Y2. The molecule has 0 aromatic heterocycles. The predicted octanol–water partition coefficient (Wildman–Crippen LogP) is 2.68. The smallest absolute Gasteiger partial charge is 0.115 e. The van der Waals surface area contributed by atoms with E-state index in [0.717, 1.165) is 17.5 Å². The number of phenols is 2. The number of benzene rings is 2. The maximum Gasteiger partial charge on any atom is 0.115 e. The van der Waals surface area contributed by atoms with E-state index in [1.165, 1.54) is 0 Å². The predicted molar refractivity (Wildman–Crippen MR) is 59.0 cm³/mol. The summed E-state index contributed by atoms with van der Waals surface area (Å²) in [5, 5.41) is 18.3. The largest absolute Gasteiger partial charge is 0.508 e. The van der Waals surface area contributed by atoms with Crippen LogP contribution in [0.1, 0.15) is 11.1 Å². The Hall–Kier alpha value is 0.248. The summed E-state index contributed by atoms with van der Waals surface area (Å²) in [6, 6.07) is 14.3. The molecule has 2 aromatic rings. The van der Waals surface area contributed by atoms with E-state index in [1.54, 1.807) is 24.3 Å². The van der Waals surface area contributed by atoms with E-state index in [4.69, 9.17) is 10.2 Å². The quantitative estimate of drug-likeness (QED) is 0.844. The first-order valence-corrected chi connectivity index (χ1v) is 4.80. The van der Waals surface area contributed by atoms with Gasteiger partial charge in [-0.15, -0.1) is 0 Å². The van der Waals surface area contributed by atoms with E-state index in [0.29, 0.717) is 0 Å². The van der Waals surface area contributed by atoms with Crippen molar-refractivity contribution in [3.8, 4) is 11.5 Å². The first-order valence-electron chi connectivity index (χ1n) is 4.80. The molecule has 2 nitrogen and oxygen atoms in total. The molecule has 0 fully saturated rings. The van der Waals surface area contributed by atoms with Crippen molar-refractivity contribution in [3.63, 3.8) is 0 Å². The standard InChI is InChI=1S/C13H12O2.2Y/c14-12-5-1-10(2-6-12)9-11-3-7-13(15)8-4-11;;/h1-8,14-15H,9H2;;. The Balaban J connectivity index is 0.00000128. The summed E-state index contributed by atoms with van der Waals surface area (Å²) in [6.45, 7) is 0. The van der Waals surface area contributed by atoms with Crippen molar-refractivity contribution in [2.45, 2.75) is 6.42 Å². The monoisotopic (exact) mass is 378 g/mol. The van der Waals surface area contributed by atoms with E-state index >= 15 is 0 Å². The van der Waals surface area contributed by atoms with Crippen LogP contribution in [0.5, 0.6) is 11.5 Å². The number of aromatic hydroxyl groups is 2. The molecule has 0 amide bonds. The van der Waals surface area contributed by atoms with Gasteiger partial charge in [-0.3, -0.25) is 0 Å². The summed E-state index contributed by atoms with van der Waals surface area (Å²) in [4.78, 5) is 0. The van der Waals surface area contributed by atoms with Crippen LogP contribution in [-0.4, -0.2) is 10.2 Å². The molecule has 0 heterocycles. The van der Waals surface area contributed by atoms with Gasteiger partial charge in [0, 0.05) is 65.4 Å². The van der Waals surface area contributed by atoms with Crippen molar-refractivity contribution in [2.24, 2.45) is 0 Å². The van der Waals surface area contributed by atoms with Crippen LogP contribution in [0.25, 0.3) is 0 Å². The van der Waals surface area contributed by atoms with Gasteiger partial charge < -0.3 is 10.2 Å². The van der Waals surface area contributed by atoms with Crippen LogP contribution in [0.4, 0.5) is 0 Å². The normalized spacial score (nSPS) is 8.94. The van der Waals surface area contributed by atoms with E-state index in [9.17, 15) is 0 Å². The van der Waals surface area contributed by atoms with Gasteiger partial charge in [0.05, 0.1) is 0 Å². The van der Waals surface area contributed by atoms with Crippen LogP contribution in [-0.2, 0) is 71.8 Å². The molecule has 2 N–H and O–H groups in total. The van der Waals surface area contributed by atoms with Crippen molar-refractivity contribution >= 4 is 0 Å². The van der Waals surface area contributed by atoms with Crippen LogP contribution in [0.3, 0.4) is 0 Å². The van der Waals surface area contributed by atoms with Crippen LogP contribution in [0.2, 0.25) is 0 Å². The Bertz CT molecular complexity index is 394. The van der Waals surface area contributed by atoms with Crippen molar-refractivity contribution in [1.29, 1.82) is 0 Å². The van der Waals surface area contributed by atoms with Crippen molar-refractivity contribution in [1.82, 2.24) is 0 Å². The van der Waals surface area contributed by atoms with E-state index in [2.05, 4.69) is 0 Å². The van der Waals surface area contributed by atoms with E-state index in [-0.39, 0.29) is 76.9 Å². The maximum atomic E-state index is 9.13. The molecule has 4 heteroatoms. The number of phenolic OH excluding ortho intramolecular Hbond substituents is 2. The second-order valence-electron chi connectivity index (χ2n) is 3.51. The summed E-state index contributed by atoms with van der Waals surface area (Å²) in [6.07, 6.45) is 0.806. The van der Waals surface area contributed by atoms with Crippen LogP contribution in [0, 0.1) is 0 Å². The van der Waals surface area contributed by atoms with Crippen molar-refractivity contribution < 1.29 is 75.6 Å². The van der Waals surface area contributed by atoms with Crippen LogP contribution in [0.15, 0.2) is 48.5 Å². The molecule has 2 radical (unpaired) electrons. The Morgan fingerprint density at radius 2 is 0.882 bits per heavy atom. The molecule has 0 saturated heterocycles. The van der Waals surface area contributed by atoms with Crippen LogP contribution >= 0.6 is 0 Å². The van der Waals surface area contributed by atoms with Crippen molar-refractivity contribution in [2.75, 3.05) is 0 Å². The summed E-state index contributed by atoms with van der Waals surface area (Å²) >= 11 is 0. The molecule has 0 atom stereocenters. The van der Waals surface area contributed by atoms with Gasteiger partial charge in [-0.2, -0.15) is 0 Å². The molecule has 0 bridgehead atoms.